The second-order valence-electron chi connectivity index (χ2n) is 6.91. The lowest BCUT2D eigenvalue weighted by atomic mass is 10.1. The largest absolute Gasteiger partial charge is 0.508 e. The normalized spacial score (nSPS) is 14.0. The summed E-state index contributed by atoms with van der Waals surface area (Å²) in [7, 11) is 0. The van der Waals surface area contributed by atoms with Crippen LogP contribution in [-0.4, -0.2) is 19.9 Å². The van der Waals surface area contributed by atoms with Gasteiger partial charge in [-0.05, 0) is 42.2 Å². The summed E-state index contributed by atoms with van der Waals surface area (Å²) in [5.41, 5.74) is 10.6. The van der Waals surface area contributed by atoms with Crippen LogP contribution in [0.4, 0.5) is 10.2 Å². The molecule has 2 aromatic carbocycles. The van der Waals surface area contributed by atoms with Gasteiger partial charge < -0.3 is 10.8 Å². The molecule has 0 radical (unpaired) electrons. The molecule has 3 N–H and O–H groups in total. The number of hydrogen-bond donors (Lipinski definition) is 2. The maximum atomic E-state index is 13.9. The van der Waals surface area contributed by atoms with Crippen LogP contribution in [0.1, 0.15) is 17.2 Å². The van der Waals surface area contributed by atoms with Crippen molar-refractivity contribution in [2.45, 2.75) is 18.9 Å². The smallest absolute Gasteiger partial charge is 0.135 e. The van der Waals surface area contributed by atoms with E-state index in [1.165, 1.54) is 23.3 Å². The molecule has 0 fully saturated rings. The number of aromatic nitrogens is 3. The van der Waals surface area contributed by atoms with Gasteiger partial charge in [-0.2, -0.15) is 5.10 Å². The number of phenolic OH excluding ortho intramolecular Hbond substituents is 1. The molecule has 0 aliphatic heterocycles. The Morgan fingerprint density at radius 3 is 2.52 bits per heavy atom. The highest BCUT2D eigenvalue weighted by atomic mass is 19.1. The van der Waals surface area contributed by atoms with Gasteiger partial charge in [-0.25, -0.2) is 9.37 Å². The van der Waals surface area contributed by atoms with Crippen molar-refractivity contribution in [2.24, 2.45) is 0 Å². The van der Waals surface area contributed by atoms with Crippen LogP contribution in [0.25, 0.3) is 22.2 Å². The molecule has 27 heavy (non-hydrogen) atoms. The summed E-state index contributed by atoms with van der Waals surface area (Å²) in [5, 5.41) is 15.3. The first-order valence-electron chi connectivity index (χ1n) is 8.79. The van der Waals surface area contributed by atoms with E-state index < -0.39 is 5.82 Å². The number of nitrogens with zero attached hydrogens (tertiary/aromatic N) is 3. The number of pyridine rings is 1. The number of rotatable bonds is 2. The number of nitrogen functional groups attached to an aromatic ring is 1. The van der Waals surface area contributed by atoms with E-state index in [4.69, 9.17) is 10.8 Å². The summed E-state index contributed by atoms with van der Waals surface area (Å²) < 4.78 is 15.8. The lowest BCUT2D eigenvalue weighted by Gasteiger charge is -2.11. The van der Waals surface area contributed by atoms with Crippen molar-refractivity contribution >= 4 is 16.7 Å². The fraction of sp³-hybridized carbons (Fsp3) is 0.143. The predicted octanol–water partition coefficient (Wildman–Crippen LogP) is 3.87. The topological polar surface area (TPSA) is 77.0 Å². The van der Waals surface area contributed by atoms with Crippen LogP contribution in [-0.2, 0) is 12.8 Å². The zero-order valence-electron chi connectivity index (χ0n) is 14.4. The minimum absolute atomic E-state index is 0.150. The first kappa shape index (κ1) is 15.8. The zero-order chi connectivity index (χ0) is 18.5. The van der Waals surface area contributed by atoms with Crippen LogP contribution in [0.3, 0.4) is 0 Å². The van der Waals surface area contributed by atoms with E-state index in [1.807, 2.05) is 22.9 Å². The highest BCUT2D eigenvalue weighted by molar-refractivity contribution is 6.00. The Morgan fingerprint density at radius 2 is 1.81 bits per heavy atom. The first-order chi connectivity index (χ1) is 13.1. The minimum atomic E-state index is -0.525. The quantitative estimate of drug-likeness (QED) is 0.569. The van der Waals surface area contributed by atoms with Gasteiger partial charge in [-0.15, -0.1) is 0 Å². The van der Waals surface area contributed by atoms with Gasteiger partial charge in [0.25, 0.3) is 0 Å². The summed E-state index contributed by atoms with van der Waals surface area (Å²) in [6.07, 6.45) is 3.41. The molecule has 4 aromatic rings. The van der Waals surface area contributed by atoms with Crippen LogP contribution < -0.4 is 5.73 Å². The van der Waals surface area contributed by atoms with Crippen LogP contribution >= 0.6 is 0 Å². The van der Waals surface area contributed by atoms with Crippen LogP contribution in [0.15, 0.2) is 54.7 Å². The van der Waals surface area contributed by atoms with Crippen molar-refractivity contribution in [3.8, 4) is 17.0 Å². The summed E-state index contributed by atoms with van der Waals surface area (Å²) in [6.45, 7) is 0. The highest BCUT2D eigenvalue weighted by Gasteiger charge is 2.27. The van der Waals surface area contributed by atoms with E-state index >= 15 is 0 Å². The van der Waals surface area contributed by atoms with E-state index in [1.54, 1.807) is 6.20 Å². The average Bonchev–Trinajstić information content (AvgIpc) is 3.23. The number of nitrogens with two attached hydrogens (primary N) is 1. The first-order valence-corrected chi connectivity index (χ1v) is 8.79. The van der Waals surface area contributed by atoms with Gasteiger partial charge in [0.2, 0.25) is 0 Å². The molecule has 0 atom stereocenters. The standard InChI is InChI=1S/C21H17FN4O/c22-15-7-14(10-17(27)11-15)20-19-18(5-6-24-21(19)23)26(25-20)16-8-12-3-1-2-4-13(12)9-16/h1-7,10-11,16,27H,8-9H2,(H2,23,24). The molecule has 0 spiro atoms. The van der Waals surface area contributed by atoms with E-state index in [0.29, 0.717) is 22.5 Å². The molecule has 0 saturated heterocycles. The number of anilines is 1. The van der Waals surface area contributed by atoms with Gasteiger partial charge in [0.15, 0.2) is 0 Å². The Morgan fingerprint density at radius 1 is 1.07 bits per heavy atom. The molecule has 2 aromatic heterocycles. The third kappa shape index (κ3) is 2.52. The summed E-state index contributed by atoms with van der Waals surface area (Å²) >= 11 is 0. The van der Waals surface area contributed by atoms with Gasteiger partial charge in [-0.3, -0.25) is 4.68 Å². The van der Waals surface area contributed by atoms with Crippen molar-refractivity contribution in [3.63, 3.8) is 0 Å². The molecule has 0 bridgehead atoms. The van der Waals surface area contributed by atoms with Crippen LogP contribution in [0, 0.1) is 5.82 Å². The molecular formula is C21H17FN4O. The van der Waals surface area contributed by atoms with Crippen LogP contribution in [0.5, 0.6) is 5.75 Å². The molecule has 134 valence electrons. The average molecular weight is 360 g/mol. The number of hydrogen-bond acceptors (Lipinski definition) is 4. The highest BCUT2D eigenvalue weighted by Crippen LogP contribution is 2.37. The van der Waals surface area contributed by atoms with Crippen molar-refractivity contribution in [1.82, 2.24) is 14.8 Å². The Kier molecular flexibility index (Phi) is 3.40. The van der Waals surface area contributed by atoms with Crippen molar-refractivity contribution < 1.29 is 9.50 Å². The molecule has 6 heteroatoms. The Bertz CT molecular complexity index is 1140. The van der Waals surface area contributed by atoms with E-state index in [0.717, 1.165) is 24.4 Å². The Balaban J connectivity index is 1.70. The van der Waals surface area contributed by atoms with Gasteiger partial charge in [-0.1, -0.05) is 24.3 Å². The van der Waals surface area contributed by atoms with E-state index in [-0.39, 0.29) is 11.8 Å². The molecule has 0 saturated carbocycles. The molecule has 2 heterocycles. The lowest BCUT2D eigenvalue weighted by molar-refractivity contribution is 0.469. The zero-order valence-corrected chi connectivity index (χ0v) is 14.4. The Hall–Kier alpha value is -3.41. The lowest BCUT2D eigenvalue weighted by Crippen LogP contribution is -2.10. The second kappa shape index (κ2) is 5.81. The summed E-state index contributed by atoms with van der Waals surface area (Å²) in [5.74, 6) is -0.333. The molecule has 1 aliphatic carbocycles. The molecule has 1 aliphatic rings. The Labute approximate surface area is 154 Å². The fourth-order valence-corrected chi connectivity index (χ4v) is 4.01. The van der Waals surface area contributed by atoms with Crippen molar-refractivity contribution in [1.29, 1.82) is 0 Å². The minimum Gasteiger partial charge on any atom is -0.508 e. The second-order valence-corrected chi connectivity index (χ2v) is 6.91. The molecule has 0 amide bonds. The number of benzene rings is 2. The third-order valence-corrected chi connectivity index (χ3v) is 5.18. The van der Waals surface area contributed by atoms with Crippen molar-refractivity contribution in [2.75, 3.05) is 5.73 Å². The van der Waals surface area contributed by atoms with Gasteiger partial charge in [0, 0.05) is 17.8 Å². The summed E-state index contributed by atoms with van der Waals surface area (Å²) in [6, 6.07) is 14.3. The summed E-state index contributed by atoms with van der Waals surface area (Å²) in [4.78, 5) is 4.19. The number of halogens is 1. The maximum Gasteiger partial charge on any atom is 0.135 e. The van der Waals surface area contributed by atoms with Crippen LogP contribution in [0.2, 0.25) is 0 Å². The van der Waals surface area contributed by atoms with Gasteiger partial charge in [0.05, 0.1) is 16.9 Å². The fourth-order valence-electron chi connectivity index (χ4n) is 4.01. The van der Waals surface area contributed by atoms with E-state index in [9.17, 15) is 9.50 Å². The molecule has 0 unspecified atom stereocenters. The molecule has 5 nitrogen and oxygen atoms in total. The molecular weight excluding hydrogens is 343 g/mol. The SMILES string of the molecule is Nc1nccc2c1c(-c1cc(O)cc(F)c1)nn2C1Cc2ccccc2C1. The monoisotopic (exact) mass is 360 g/mol. The predicted molar refractivity (Wildman–Crippen MR) is 102 cm³/mol. The van der Waals surface area contributed by atoms with E-state index in [2.05, 4.69) is 17.1 Å². The number of aromatic hydroxyl groups is 1. The number of phenols is 1. The van der Waals surface area contributed by atoms with Gasteiger partial charge in [0.1, 0.15) is 23.1 Å². The third-order valence-electron chi connectivity index (χ3n) is 5.18. The number of fused-ring (bicyclic) bond motifs is 2. The van der Waals surface area contributed by atoms with Crippen molar-refractivity contribution in [3.05, 3.63) is 71.7 Å². The van der Waals surface area contributed by atoms with Gasteiger partial charge >= 0.3 is 0 Å². The maximum absolute atomic E-state index is 13.9. The molecule has 5 rings (SSSR count).